The van der Waals surface area contributed by atoms with Gasteiger partial charge in [-0.15, -0.1) is 0 Å². The number of rotatable bonds is 2. The van der Waals surface area contributed by atoms with E-state index in [-0.39, 0.29) is 10.6 Å². The zero-order valence-electron chi connectivity index (χ0n) is 14.6. The van der Waals surface area contributed by atoms with Crippen LogP contribution in [0.15, 0.2) is 46.2 Å². The van der Waals surface area contributed by atoms with Crippen LogP contribution in [-0.2, 0) is 29.1 Å². The first-order valence-corrected chi connectivity index (χ1v) is 11.8. The third-order valence-electron chi connectivity index (χ3n) is 3.18. The Labute approximate surface area is 173 Å². The lowest BCUT2D eigenvalue weighted by molar-refractivity contribution is -0.140. The molecule has 2 heterocycles. The second-order valence-electron chi connectivity index (χ2n) is 5.44. The quantitative estimate of drug-likeness (QED) is 0.458. The van der Waals surface area contributed by atoms with Gasteiger partial charge in [-0.2, -0.15) is 13.2 Å². The van der Waals surface area contributed by atoms with Gasteiger partial charge in [-0.1, -0.05) is 0 Å². The summed E-state index contributed by atoms with van der Waals surface area (Å²) >= 11 is 0. The first-order valence-electron chi connectivity index (χ1n) is 7.18. The molecule has 0 saturated carbocycles. The molecule has 1 aliphatic rings. The lowest BCUT2D eigenvalue weighted by atomic mass is 10.1. The van der Waals surface area contributed by atoms with Gasteiger partial charge in [0.15, 0.2) is 10.1 Å². The van der Waals surface area contributed by atoms with Gasteiger partial charge < -0.3 is 0 Å². The van der Waals surface area contributed by atoms with E-state index in [4.69, 9.17) is 21.4 Å². The highest BCUT2D eigenvalue weighted by Gasteiger charge is 2.37. The first kappa shape index (κ1) is 25.3. The van der Waals surface area contributed by atoms with E-state index in [1.165, 1.54) is 17.2 Å². The third kappa shape index (κ3) is 6.91. The molecule has 15 heteroatoms. The summed E-state index contributed by atoms with van der Waals surface area (Å²) in [7, 11) is 4.83. The van der Waals surface area contributed by atoms with Crippen molar-refractivity contribution in [2.24, 2.45) is 4.99 Å². The van der Waals surface area contributed by atoms with Crippen molar-refractivity contribution < 1.29 is 34.8 Å². The Bertz CT molecular complexity index is 1090. The van der Waals surface area contributed by atoms with Crippen molar-refractivity contribution in [2.75, 3.05) is 14.1 Å². The number of nitrogens with zero attached hydrogens (tertiary/aromatic N) is 3. The van der Waals surface area contributed by atoms with Gasteiger partial charge in [0.25, 0.3) is 18.1 Å². The molecule has 1 aromatic heterocycles. The highest BCUT2D eigenvalue weighted by atomic mass is 35.7. The molecule has 29 heavy (non-hydrogen) atoms. The number of pyridine rings is 1. The molecule has 0 amide bonds. The maximum Gasteiger partial charge on any atom is 0.419 e. The summed E-state index contributed by atoms with van der Waals surface area (Å²) in [6.07, 6.45) is -1.24. The van der Waals surface area contributed by atoms with E-state index in [2.05, 4.69) is 9.98 Å². The van der Waals surface area contributed by atoms with E-state index in [0.29, 0.717) is 6.07 Å². The van der Waals surface area contributed by atoms with Gasteiger partial charge >= 0.3 is 6.18 Å². The Hall–Kier alpha value is -1.76. The van der Waals surface area contributed by atoms with E-state index < -0.39 is 40.9 Å². The van der Waals surface area contributed by atoms with E-state index in [0.717, 1.165) is 12.3 Å². The predicted molar refractivity (Wildman–Crippen MR) is 100 cm³/mol. The normalized spacial score (nSPS) is 17.3. The van der Waals surface area contributed by atoms with Crippen LogP contribution < -0.4 is 0 Å². The molecule has 1 aromatic rings. The molecule has 0 aliphatic carbocycles. The van der Waals surface area contributed by atoms with Gasteiger partial charge in [0.2, 0.25) is 0 Å². The molecule has 0 fully saturated rings. The minimum atomic E-state index is -4.79. The first-order chi connectivity index (χ1) is 13.1. The molecule has 0 bridgehead atoms. The SMILES string of the molecule is CN(C)C1C(=C=O)C=CN=C1S(=O)(=O)Cl.O=S(=O)(Cl)c1ncccc1C(F)(F)F. The summed E-state index contributed by atoms with van der Waals surface area (Å²) in [5.74, 6) is 1.67. The molecule has 0 N–H and O–H groups in total. The fraction of sp³-hybridized carbons (Fsp3) is 0.286. The van der Waals surface area contributed by atoms with Crippen LogP contribution in [0.25, 0.3) is 0 Å². The molecule has 0 radical (unpaired) electrons. The number of carbonyl (C=O) groups excluding carboxylic acids is 1. The van der Waals surface area contributed by atoms with Crippen molar-refractivity contribution in [3.63, 3.8) is 0 Å². The van der Waals surface area contributed by atoms with E-state index in [1.807, 2.05) is 0 Å². The van der Waals surface area contributed by atoms with Gasteiger partial charge in [-0.3, -0.25) is 4.90 Å². The molecule has 0 aromatic carbocycles. The van der Waals surface area contributed by atoms with E-state index in [9.17, 15) is 34.8 Å². The van der Waals surface area contributed by atoms with Crippen LogP contribution in [0.5, 0.6) is 0 Å². The standard InChI is InChI=1S/C8H9ClN2O3S.C6H3ClF3NO2S/c1-11(2)7-6(5-12)3-4-10-8(7)15(9,13)14;7-14(12,13)5-4(6(8,9)10)2-1-3-11-5/h3-4,7H,1-2H3;1-3H. The predicted octanol–water partition coefficient (Wildman–Crippen LogP) is 2.20. The van der Waals surface area contributed by atoms with Crippen LogP contribution >= 0.6 is 21.4 Å². The Kier molecular flexibility index (Phi) is 8.17. The van der Waals surface area contributed by atoms with Crippen LogP contribution in [0.3, 0.4) is 0 Å². The lowest BCUT2D eigenvalue weighted by Crippen LogP contribution is -2.41. The molecule has 1 aliphatic heterocycles. The molecule has 8 nitrogen and oxygen atoms in total. The van der Waals surface area contributed by atoms with Gasteiger partial charge in [0.1, 0.15) is 12.0 Å². The van der Waals surface area contributed by atoms with Crippen molar-refractivity contribution in [3.05, 3.63) is 41.7 Å². The van der Waals surface area contributed by atoms with Crippen LogP contribution in [0.2, 0.25) is 0 Å². The Morgan fingerprint density at radius 1 is 1.14 bits per heavy atom. The zero-order chi connectivity index (χ0) is 22.6. The average molecular weight is 494 g/mol. The summed E-state index contributed by atoms with van der Waals surface area (Å²) in [5, 5.41) is -1.43. The van der Waals surface area contributed by atoms with Crippen LogP contribution in [0.1, 0.15) is 5.56 Å². The summed E-state index contributed by atoms with van der Waals surface area (Å²) in [6, 6.07) is 0.811. The third-order valence-corrected chi connectivity index (χ3v) is 5.70. The largest absolute Gasteiger partial charge is 0.419 e. The van der Waals surface area contributed by atoms with Crippen molar-refractivity contribution >= 4 is 50.5 Å². The van der Waals surface area contributed by atoms with Gasteiger partial charge in [-0.05, 0) is 32.3 Å². The summed E-state index contributed by atoms with van der Waals surface area (Å²) < 4.78 is 80.4. The fourth-order valence-corrected chi connectivity index (χ4v) is 4.24. The number of halogens is 5. The topological polar surface area (TPSA) is 114 Å². The van der Waals surface area contributed by atoms with E-state index >= 15 is 0 Å². The minimum absolute atomic E-state index is 0.189. The fourth-order valence-electron chi connectivity index (χ4n) is 2.07. The number of aliphatic imine (C=N–C) groups is 1. The van der Waals surface area contributed by atoms with Crippen LogP contribution in [-0.4, -0.2) is 57.8 Å². The number of alkyl halides is 3. The summed E-state index contributed by atoms with van der Waals surface area (Å²) in [6.45, 7) is 0. The van der Waals surface area contributed by atoms with Gasteiger partial charge in [0, 0.05) is 33.8 Å². The number of hydrogen-bond donors (Lipinski definition) is 0. The Morgan fingerprint density at radius 2 is 1.72 bits per heavy atom. The minimum Gasteiger partial charge on any atom is -0.296 e. The molecule has 1 unspecified atom stereocenters. The monoisotopic (exact) mass is 493 g/mol. The van der Waals surface area contributed by atoms with Crippen molar-refractivity contribution in [1.29, 1.82) is 0 Å². The number of aromatic nitrogens is 1. The number of likely N-dealkylation sites (N-methyl/N-ethyl adjacent to an activating group) is 1. The maximum atomic E-state index is 12.2. The molecule has 2 rings (SSSR count). The molecule has 160 valence electrons. The summed E-state index contributed by atoms with van der Waals surface area (Å²) in [4.78, 5) is 18.9. The second kappa shape index (κ2) is 9.37. The second-order valence-corrected chi connectivity index (χ2v) is 10.4. The average Bonchev–Trinajstić information content (AvgIpc) is 2.59. The number of hydrogen-bond acceptors (Lipinski definition) is 8. The highest BCUT2D eigenvalue weighted by Crippen LogP contribution is 2.33. The molecule has 0 saturated heterocycles. The molecule has 0 spiro atoms. The maximum absolute atomic E-state index is 12.2. The smallest absolute Gasteiger partial charge is 0.296 e. The van der Waals surface area contributed by atoms with Crippen LogP contribution in [0.4, 0.5) is 13.2 Å². The van der Waals surface area contributed by atoms with Crippen molar-refractivity contribution in [3.8, 4) is 0 Å². The zero-order valence-corrected chi connectivity index (χ0v) is 17.7. The summed E-state index contributed by atoms with van der Waals surface area (Å²) in [5.41, 5.74) is -1.18. The molecule has 1 atom stereocenters. The van der Waals surface area contributed by atoms with Gasteiger partial charge in [0.05, 0.1) is 11.1 Å². The Balaban J connectivity index is 0.000000291. The van der Waals surface area contributed by atoms with Crippen LogP contribution in [0, 0.1) is 0 Å². The van der Waals surface area contributed by atoms with E-state index in [1.54, 1.807) is 20.0 Å². The Morgan fingerprint density at radius 3 is 2.10 bits per heavy atom. The van der Waals surface area contributed by atoms with Gasteiger partial charge in [-0.25, -0.2) is 31.6 Å². The molecular weight excluding hydrogens is 482 g/mol. The lowest BCUT2D eigenvalue weighted by Gasteiger charge is -2.24. The molecular formula is C14H12Cl2F3N3O5S2. The van der Waals surface area contributed by atoms with Crippen molar-refractivity contribution in [2.45, 2.75) is 17.2 Å². The highest BCUT2D eigenvalue weighted by molar-refractivity contribution is 8.25. The van der Waals surface area contributed by atoms with Crippen molar-refractivity contribution in [1.82, 2.24) is 9.88 Å².